The molecule has 0 unspecified atom stereocenters. The quantitative estimate of drug-likeness (QED) is 0.893. The van der Waals surface area contributed by atoms with Crippen LogP contribution in [0.4, 0.5) is 4.39 Å². The second-order valence-corrected chi connectivity index (χ2v) is 6.41. The highest BCUT2D eigenvalue weighted by Gasteiger charge is 2.28. The van der Waals surface area contributed by atoms with Gasteiger partial charge in [-0.2, -0.15) is 0 Å². The van der Waals surface area contributed by atoms with Crippen molar-refractivity contribution in [1.29, 1.82) is 0 Å². The summed E-state index contributed by atoms with van der Waals surface area (Å²) in [5.41, 5.74) is 1.16. The Labute approximate surface area is 130 Å². The molecule has 0 radical (unpaired) electrons. The van der Waals surface area contributed by atoms with E-state index in [-0.39, 0.29) is 23.9 Å². The number of hydrogen-bond donors (Lipinski definition) is 2. The molecule has 2 heterocycles. The number of amides is 1. The maximum Gasteiger partial charge on any atom is 0.224 e. The summed E-state index contributed by atoms with van der Waals surface area (Å²) in [4.78, 5) is 14.2. The number of carbonyl (C=O) groups excluding carboxylic acids is 1. The maximum absolute atomic E-state index is 13.0. The summed E-state index contributed by atoms with van der Waals surface area (Å²) >= 11 is 0. The average Bonchev–Trinajstić information content (AvgIpc) is 2.93. The van der Waals surface area contributed by atoms with E-state index in [0.717, 1.165) is 31.5 Å². The predicted octanol–water partition coefficient (Wildman–Crippen LogP) is 1.64. The summed E-state index contributed by atoms with van der Waals surface area (Å²) in [5.74, 6) is 0.378. The molecule has 22 heavy (non-hydrogen) atoms. The fraction of sp³-hybridized carbons (Fsp3) is 0.588. The molecule has 4 nitrogen and oxygen atoms in total. The molecule has 2 aliphatic rings. The van der Waals surface area contributed by atoms with Gasteiger partial charge in [-0.3, -0.25) is 4.79 Å². The van der Waals surface area contributed by atoms with Gasteiger partial charge in [0.2, 0.25) is 5.91 Å². The predicted molar refractivity (Wildman–Crippen MR) is 82.0 cm³/mol. The first-order valence-electron chi connectivity index (χ1n) is 8.06. The first kappa shape index (κ1) is 15.4. The molecular formula is C17H23FN2O2. The number of hydrogen-bond acceptors (Lipinski definition) is 3. The van der Waals surface area contributed by atoms with Crippen LogP contribution in [0.2, 0.25) is 0 Å². The third-order valence-electron chi connectivity index (χ3n) is 4.81. The Bertz CT molecular complexity index is 512. The smallest absolute Gasteiger partial charge is 0.224 e. The summed E-state index contributed by atoms with van der Waals surface area (Å²) in [5, 5.41) is 12.7. The lowest BCUT2D eigenvalue weighted by Gasteiger charge is -2.33. The van der Waals surface area contributed by atoms with Crippen LogP contribution in [0.3, 0.4) is 0 Å². The number of β-amino-alcohol motifs (C(OH)–C–C–N with tert-alkyl or cyclic N) is 1. The molecule has 1 aromatic carbocycles. The number of likely N-dealkylation sites (tertiary alicyclic amines) is 1. The second kappa shape index (κ2) is 6.75. The van der Waals surface area contributed by atoms with E-state index in [4.69, 9.17) is 0 Å². The van der Waals surface area contributed by atoms with Gasteiger partial charge in [-0.15, -0.1) is 0 Å². The highest BCUT2D eigenvalue weighted by molar-refractivity contribution is 5.77. The minimum Gasteiger partial charge on any atom is -0.392 e. The van der Waals surface area contributed by atoms with Crippen LogP contribution in [0.25, 0.3) is 0 Å². The Morgan fingerprint density at radius 3 is 2.55 bits per heavy atom. The van der Waals surface area contributed by atoms with E-state index in [2.05, 4.69) is 5.32 Å². The third kappa shape index (κ3) is 3.65. The van der Waals surface area contributed by atoms with Crippen molar-refractivity contribution in [3.8, 4) is 0 Å². The molecule has 0 aliphatic carbocycles. The van der Waals surface area contributed by atoms with Crippen LogP contribution in [0.5, 0.6) is 0 Å². The highest BCUT2D eigenvalue weighted by atomic mass is 19.1. The van der Waals surface area contributed by atoms with Gasteiger partial charge in [-0.1, -0.05) is 12.1 Å². The lowest BCUT2D eigenvalue weighted by molar-refractivity contribution is -0.132. The van der Waals surface area contributed by atoms with Crippen molar-refractivity contribution in [3.05, 3.63) is 35.6 Å². The van der Waals surface area contributed by atoms with Crippen molar-refractivity contribution >= 4 is 5.91 Å². The van der Waals surface area contributed by atoms with Crippen molar-refractivity contribution in [1.82, 2.24) is 10.2 Å². The summed E-state index contributed by atoms with van der Waals surface area (Å²) in [6.07, 6.45) is 2.67. The van der Waals surface area contributed by atoms with Gasteiger partial charge in [0.1, 0.15) is 5.82 Å². The Morgan fingerprint density at radius 2 is 1.95 bits per heavy atom. The molecule has 1 amide bonds. The number of nitrogens with zero attached hydrogens (tertiary/aromatic N) is 1. The zero-order valence-electron chi connectivity index (χ0n) is 12.7. The van der Waals surface area contributed by atoms with Crippen molar-refractivity contribution in [2.75, 3.05) is 19.6 Å². The van der Waals surface area contributed by atoms with E-state index in [9.17, 15) is 14.3 Å². The topological polar surface area (TPSA) is 52.6 Å². The van der Waals surface area contributed by atoms with Gasteiger partial charge < -0.3 is 15.3 Å². The molecule has 0 aromatic heterocycles. The lowest BCUT2D eigenvalue weighted by atomic mass is 9.89. The van der Waals surface area contributed by atoms with E-state index in [1.165, 1.54) is 12.1 Å². The van der Waals surface area contributed by atoms with Gasteiger partial charge in [0.05, 0.1) is 6.10 Å². The van der Waals surface area contributed by atoms with Crippen LogP contribution in [0, 0.1) is 5.82 Å². The monoisotopic (exact) mass is 306 g/mol. The van der Waals surface area contributed by atoms with Crippen molar-refractivity contribution < 1.29 is 14.3 Å². The third-order valence-corrected chi connectivity index (χ3v) is 4.81. The number of piperidine rings is 1. The van der Waals surface area contributed by atoms with Gasteiger partial charge in [0.25, 0.3) is 0 Å². The minimum atomic E-state index is -0.318. The first-order chi connectivity index (χ1) is 10.6. The van der Waals surface area contributed by atoms with Crippen molar-refractivity contribution in [3.63, 3.8) is 0 Å². The summed E-state index contributed by atoms with van der Waals surface area (Å²) in [6, 6.07) is 6.81. The molecule has 3 rings (SSSR count). The fourth-order valence-electron chi connectivity index (χ4n) is 3.49. The Balaban J connectivity index is 1.48. The Kier molecular flexibility index (Phi) is 4.74. The van der Waals surface area contributed by atoms with Crippen LogP contribution in [-0.2, 0) is 4.79 Å². The van der Waals surface area contributed by atoms with E-state index >= 15 is 0 Å². The molecule has 0 bridgehead atoms. The van der Waals surface area contributed by atoms with Crippen LogP contribution >= 0.6 is 0 Å². The number of rotatable bonds is 3. The number of aliphatic hydroxyl groups excluding tert-OH is 1. The molecule has 0 spiro atoms. The summed E-state index contributed by atoms with van der Waals surface area (Å²) in [7, 11) is 0. The van der Waals surface area contributed by atoms with Crippen molar-refractivity contribution in [2.24, 2.45) is 0 Å². The Hall–Kier alpha value is -1.46. The van der Waals surface area contributed by atoms with Gasteiger partial charge in [0, 0.05) is 32.1 Å². The van der Waals surface area contributed by atoms with E-state index in [0.29, 0.717) is 25.3 Å². The molecule has 2 aliphatic heterocycles. The molecule has 2 N–H and O–H groups in total. The number of nitrogens with one attached hydrogen (secondary N) is 1. The molecular weight excluding hydrogens is 283 g/mol. The van der Waals surface area contributed by atoms with Gasteiger partial charge >= 0.3 is 0 Å². The summed E-state index contributed by atoms with van der Waals surface area (Å²) < 4.78 is 13.0. The highest BCUT2D eigenvalue weighted by Crippen LogP contribution is 2.28. The molecule has 2 saturated heterocycles. The molecule has 120 valence electrons. The SMILES string of the molecule is O=C(C[C@H]1C[C@@H](O)CN1)N1CCC(c2ccc(F)cc2)CC1. The standard InChI is InChI=1S/C17H23FN2O2/c18-14-3-1-12(2-4-14)13-5-7-20(8-6-13)17(22)10-15-9-16(21)11-19-15/h1-4,13,15-16,19,21H,5-11H2/t15-,16-/m1/s1. The van der Waals surface area contributed by atoms with Crippen LogP contribution in [0.15, 0.2) is 24.3 Å². The maximum atomic E-state index is 13.0. The van der Waals surface area contributed by atoms with Gasteiger partial charge in [0.15, 0.2) is 0 Å². The average molecular weight is 306 g/mol. The number of aliphatic hydroxyl groups is 1. The number of benzene rings is 1. The molecule has 1 aromatic rings. The zero-order valence-corrected chi connectivity index (χ0v) is 12.7. The number of halogens is 1. The Morgan fingerprint density at radius 1 is 1.27 bits per heavy atom. The molecule has 5 heteroatoms. The van der Waals surface area contributed by atoms with Gasteiger partial charge in [-0.05, 0) is 42.9 Å². The normalized spacial score (nSPS) is 26.4. The number of carbonyl (C=O) groups is 1. The van der Waals surface area contributed by atoms with E-state index in [1.807, 2.05) is 17.0 Å². The molecule has 2 fully saturated rings. The zero-order chi connectivity index (χ0) is 15.5. The van der Waals surface area contributed by atoms with E-state index < -0.39 is 0 Å². The fourth-order valence-corrected chi connectivity index (χ4v) is 3.49. The van der Waals surface area contributed by atoms with E-state index in [1.54, 1.807) is 0 Å². The first-order valence-corrected chi connectivity index (χ1v) is 8.06. The molecule has 2 atom stereocenters. The largest absolute Gasteiger partial charge is 0.392 e. The van der Waals surface area contributed by atoms with Crippen molar-refractivity contribution in [2.45, 2.75) is 43.7 Å². The van der Waals surface area contributed by atoms with Crippen LogP contribution in [0.1, 0.15) is 37.2 Å². The second-order valence-electron chi connectivity index (χ2n) is 6.41. The van der Waals surface area contributed by atoms with Crippen LogP contribution < -0.4 is 5.32 Å². The lowest BCUT2D eigenvalue weighted by Crippen LogP contribution is -2.40. The minimum absolute atomic E-state index is 0.109. The van der Waals surface area contributed by atoms with Crippen LogP contribution in [-0.4, -0.2) is 47.7 Å². The molecule has 0 saturated carbocycles. The van der Waals surface area contributed by atoms with Gasteiger partial charge in [-0.25, -0.2) is 4.39 Å². The summed E-state index contributed by atoms with van der Waals surface area (Å²) in [6.45, 7) is 2.11.